The Morgan fingerprint density at radius 2 is 1.93 bits per heavy atom. The predicted octanol–water partition coefficient (Wildman–Crippen LogP) is 2.96. The van der Waals surface area contributed by atoms with Crippen LogP contribution in [-0.2, 0) is 16.4 Å². The summed E-state index contributed by atoms with van der Waals surface area (Å²) in [5.41, 5.74) is 1.51. The molecule has 2 aromatic carbocycles. The third-order valence-corrected chi connectivity index (χ3v) is 5.33. The van der Waals surface area contributed by atoms with E-state index in [4.69, 9.17) is 9.26 Å². The molecule has 3 aromatic rings. The maximum absolute atomic E-state index is 12.7. The van der Waals surface area contributed by atoms with Crippen molar-refractivity contribution in [3.63, 3.8) is 0 Å². The molecule has 0 amide bonds. The third kappa shape index (κ3) is 4.72. The summed E-state index contributed by atoms with van der Waals surface area (Å²) >= 11 is 0. The number of nitrogens with one attached hydrogen (secondary N) is 1. The van der Waals surface area contributed by atoms with Gasteiger partial charge in [0.25, 0.3) is 5.89 Å². The van der Waals surface area contributed by atoms with Gasteiger partial charge in [-0.3, -0.25) is 0 Å². The second-order valence-corrected chi connectivity index (χ2v) is 7.64. The largest absolute Gasteiger partial charge is 0.493 e. The SMILES string of the molecule is CCOc1ccc(S(=O)(=O)NCCc2ccccc2)cc1-c1nc(C)no1. The van der Waals surface area contributed by atoms with E-state index in [1.807, 2.05) is 37.3 Å². The number of ether oxygens (including phenoxy) is 1. The van der Waals surface area contributed by atoms with Gasteiger partial charge in [-0.2, -0.15) is 4.98 Å². The first-order valence-electron chi connectivity index (χ1n) is 8.60. The van der Waals surface area contributed by atoms with E-state index in [1.165, 1.54) is 12.1 Å². The Kier molecular flexibility index (Phi) is 5.88. The highest BCUT2D eigenvalue weighted by Crippen LogP contribution is 2.31. The van der Waals surface area contributed by atoms with Crippen molar-refractivity contribution in [3.8, 4) is 17.2 Å². The minimum atomic E-state index is -3.68. The molecule has 0 saturated carbocycles. The average molecular weight is 387 g/mol. The van der Waals surface area contributed by atoms with Crippen LogP contribution in [0, 0.1) is 6.92 Å². The van der Waals surface area contributed by atoms with E-state index in [9.17, 15) is 8.42 Å². The summed E-state index contributed by atoms with van der Waals surface area (Å²) in [6, 6.07) is 14.3. The van der Waals surface area contributed by atoms with E-state index in [1.54, 1.807) is 13.0 Å². The summed E-state index contributed by atoms with van der Waals surface area (Å²) < 4.78 is 38.7. The smallest absolute Gasteiger partial charge is 0.261 e. The van der Waals surface area contributed by atoms with E-state index in [-0.39, 0.29) is 10.8 Å². The van der Waals surface area contributed by atoms with Crippen LogP contribution in [0.15, 0.2) is 57.9 Å². The first-order chi connectivity index (χ1) is 13.0. The molecule has 1 aromatic heterocycles. The Balaban J connectivity index is 1.82. The number of aromatic nitrogens is 2. The number of aryl methyl sites for hydroxylation is 1. The second-order valence-electron chi connectivity index (χ2n) is 5.87. The van der Waals surface area contributed by atoms with Crippen molar-refractivity contribution in [2.24, 2.45) is 0 Å². The maximum atomic E-state index is 12.7. The first-order valence-corrected chi connectivity index (χ1v) is 10.1. The molecule has 0 bridgehead atoms. The molecule has 0 aliphatic heterocycles. The molecule has 3 rings (SSSR count). The lowest BCUT2D eigenvalue weighted by Crippen LogP contribution is -2.26. The highest BCUT2D eigenvalue weighted by atomic mass is 32.2. The number of hydrogen-bond acceptors (Lipinski definition) is 6. The lowest BCUT2D eigenvalue weighted by molar-refractivity contribution is 0.339. The number of rotatable bonds is 8. The molecule has 0 fully saturated rings. The third-order valence-electron chi connectivity index (χ3n) is 3.87. The highest BCUT2D eigenvalue weighted by Gasteiger charge is 2.20. The topological polar surface area (TPSA) is 94.3 Å². The number of nitrogens with zero attached hydrogens (tertiary/aromatic N) is 2. The Morgan fingerprint density at radius 1 is 1.15 bits per heavy atom. The van der Waals surface area contributed by atoms with Gasteiger partial charge in [-0.1, -0.05) is 35.5 Å². The Hall–Kier alpha value is -2.71. The van der Waals surface area contributed by atoms with E-state index < -0.39 is 10.0 Å². The van der Waals surface area contributed by atoms with Crippen molar-refractivity contribution >= 4 is 10.0 Å². The first kappa shape index (κ1) is 19.1. The van der Waals surface area contributed by atoms with Gasteiger partial charge in [0.1, 0.15) is 5.75 Å². The highest BCUT2D eigenvalue weighted by molar-refractivity contribution is 7.89. The zero-order valence-corrected chi connectivity index (χ0v) is 16.0. The van der Waals surface area contributed by atoms with Gasteiger partial charge < -0.3 is 9.26 Å². The van der Waals surface area contributed by atoms with Gasteiger partial charge in [0, 0.05) is 6.54 Å². The second kappa shape index (κ2) is 8.32. The molecule has 8 heteroatoms. The van der Waals surface area contributed by atoms with E-state index in [2.05, 4.69) is 14.9 Å². The fourth-order valence-electron chi connectivity index (χ4n) is 2.59. The fraction of sp³-hybridized carbons (Fsp3) is 0.263. The number of benzene rings is 2. The molecule has 0 unspecified atom stereocenters. The molecule has 7 nitrogen and oxygen atoms in total. The van der Waals surface area contributed by atoms with Crippen molar-refractivity contribution in [1.82, 2.24) is 14.9 Å². The van der Waals surface area contributed by atoms with Gasteiger partial charge >= 0.3 is 0 Å². The minimum Gasteiger partial charge on any atom is -0.493 e. The van der Waals surface area contributed by atoms with Gasteiger partial charge in [-0.25, -0.2) is 13.1 Å². The lowest BCUT2D eigenvalue weighted by atomic mass is 10.2. The van der Waals surface area contributed by atoms with Crippen LogP contribution in [0.25, 0.3) is 11.5 Å². The molecule has 1 N–H and O–H groups in total. The van der Waals surface area contributed by atoms with E-state index in [0.29, 0.717) is 36.7 Å². The van der Waals surface area contributed by atoms with Crippen LogP contribution in [0.1, 0.15) is 18.3 Å². The molecule has 0 radical (unpaired) electrons. The number of hydrogen-bond donors (Lipinski definition) is 1. The summed E-state index contributed by atoms with van der Waals surface area (Å²) in [6.07, 6.45) is 0.604. The van der Waals surface area contributed by atoms with Gasteiger partial charge in [-0.05, 0) is 44.0 Å². The van der Waals surface area contributed by atoms with Gasteiger partial charge in [-0.15, -0.1) is 0 Å². The summed E-state index contributed by atoms with van der Waals surface area (Å²) in [7, 11) is -3.68. The summed E-state index contributed by atoms with van der Waals surface area (Å²) in [5.74, 6) is 1.17. The van der Waals surface area contributed by atoms with Crippen LogP contribution >= 0.6 is 0 Å². The summed E-state index contributed by atoms with van der Waals surface area (Å²) in [6.45, 7) is 4.27. The normalized spacial score (nSPS) is 11.5. The quantitative estimate of drug-likeness (QED) is 0.639. The van der Waals surface area contributed by atoms with Gasteiger partial charge in [0.2, 0.25) is 10.0 Å². The van der Waals surface area contributed by atoms with Crippen LogP contribution in [0.2, 0.25) is 0 Å². The van der Waals surface area contributed by atoms with Crippen molar-refractivity contribution < 1.29 is 17.7 Å². The average Bonchev–Trinajstić information content (AvgIpc) is 3.09. The van der Waals surface area contributed by atoms with Gasteiger partial charge in [0.05, 0.1) is 17.1 Å². The molecular formula is C19H21N3O4S. The molecule has 0 atom stereocenters. The summed E-state index contributed by atoms with van der Waals surface area (Å²) in [5, 5.41) is 3.76. The van der Waals surface area contributed by atoms with Crippen molar-refractivity contribution in [2.45, 2.75) is 25.2 Å². The zero-order chi connectivity index (χ0) is 19.3. The standard InChI is InChI=1S/C19H21N3O4S/c1-3-25-18-10-9-16(13-17(18)19-21-14(2)22-26-19)27(23,24)20-12-11-15-7-5-4-6-8-15/h4-10,13,20H,3,11-12H2,1-2H3. The molecule has 0 aliphatic carbocycles. The van der Waals surface area contributed by atoms with Crippen LogP contribution < -0.4 is 9.46 Å². The van der Waals surface area contributed by atoms with Crippen LogP contribution in [0.4, 0.5) is 0 Å². The molecule has 1 heterocycles. The summed E-state index contributed by atoms with van der Waals surface area (Å²) in [4.78, 5) is 4.29. The van der Waals surface area contributed by atoms with Crippen molar-refractivity contribution in [1.29, 1.82) is 0 Å². The van der Waals surface area contributed by atoms with E-state index >= 15 is 0 Å². The molecule has 0 saturated heterocycles. The molecule has 0 spiro atoms. The lowest BCUT2D eigenvalue weighted by Gasteiger charge is -2.11. The van der Waals surface area contributed by atoms with E-state index in [0.717, 1.165) is 5.56 Å². The Bertz CT molecular complexity index is 1000. The number of sulfonamides is 1. The van der Waals surface area contributed by atoms with Gasteiger partial charge in [0.15, 0.2) is 5.82 Å². The van der Waals surface area contributed by atoms with Crippen LogP contribution in [-0.4, -0.2) is 31.7 Å². The predicted molar refractivity (Wildman–Crippen MR) is 101 cm³/mol. The minimum absolute atomic E-state index is 0.116. The van der Waals surface area contributed by atoms with Crippen molar-refractivity contribution in [2.75, 3.05) is 13.2 Å². The van der Waals surface area contributed by atoms with Crippen molar-refractivity contribution in [3.05, 3.63) is 59.9 Å². The van der Waals surface area contributed by atoms with Crippen LogP contribution in [0.5, 0.6) is 5.75 Å². The molecule has 0 aliphatic rings. The molecule has 27 heavy (non-hydrogen) atoms. The zero-order valence-electron chi connectivity index (χ0n) is 15.2. The fourth-order valence-corrected chi connectivity index (χ4v) is 3.65. The Labute approximate surface area is 158 Å². The van der Waals surface area contributed by atoms with Crippen LogP contribution in [0.3, 0.4) is 0 Å². The monoisotopic (exact) mass is 387 g/mol. The Morgan fingerprint density at radius 3 is 2.59 bits per heavy atom. The maximum Gasteiger partial charge on any atom is 0.261 e. The molecular weight excluding hydrogens is 366 g/mol. The molecule has 142 valence electrons.